The summed E-state index contributed by atoms with van der Waals surface area (Å²) < 4.78 is 36.7. The second-order valence-electron chi connectivity index (χ2n) is 12.3. The number of nitrogens with one attached hydrogen (secondary N) is 1. The van der Waals surface area contributed by atoms with Gasteiger partial charge in [-0.1, -0.05) is 32.0 Å². The third kappa shape index (κ3) is 8.68. The summed E-state index contributed by atoms with van der Waals surface area (Å²) >= 11 is 0. The lowest BCUT2D eigenvalue weighted by molar-refractivity contribution is -0.0102. The minimum atomic E-state index is -4.04. The van der Waals surface area contributed by atoms with Crippen LogP contribution in [-0.4, -0.2) is 43.8 Å². The first kappa shape index (κ1) is 32.4. The molecule has 0 aliphatic carbocycles. The number of nitriles is 1. The number of sulfonamides is 1. The van der Waals surface area contributed by atoms with Crippen molar-refractivity contribution in [2.24, 2.45) is 7.05 Å². The molecule has 222 valence electrons. The summed E-state index contributed by atoms with van der Waals surface area (Å²) in [6.45, 7) is 16.3. The number of allylic oxidation sites excluding steroid dienone is 1. The lowest BCUT2D eigenvalue weighted by Gasteiger charge is -2.28. The van der Waals surface area contributed by atoms with Crippen molar-refractivity contribution in [3.8, 4) is 17.3 Å². The average molecular weight is 579 g/mol. The van der Waals surface area contributed by atoms with E-state index < -0.39 is 15.6 Å². The molecule has 0 bridgehead atoms. The molecule has 0 unspecified atom stereocenters. The predicted octanol–water partition coefficient (Wildman–Crippen LogP) is 7.24. The van der Waals surface area contributed by atoms with Gasteiger partial charge >= 0.3 is 0 Å². The average Bonchev–Trinajstić information content (AvgIpc) is 3.24. The van der Waals surface area contributed by atoms with Gasteiger partial charge in [-0.25, -0.2) is 13.1 Å². The van der Waals surface area contributed by atoms with Crippen molar-refractivity contribution in [1.29, 1.82) is 5.26 Å². The van der Waals surface area contributed by atoms with Crippen LogP contribution in [0.3, 0.4) is 0 Å². The molecular formula is C33H46N4O3S. The minimum Gasteiger partial charge on any atom is -0.376 e. The van der Waals surface area contributed by atoms with Crippen molar-refractivity contribution >= 4 is 32.6 Å². The van der Waals surface area contributed by atoms with E-state index in [1.54, 1.807) is 13.8 Å². The molecule has 3 rings (SSSR count). The molecule has 0 spiro atoms. The Morgan fingerprint density at radius 2 is 1.63 bits per heavy atom. The molecule has 0 amide bonds. The molecule has 0 atom stereocenters. The van der Waals surface area contributed by atoms with Gasteiger partial charge in [-0.2, -0.15) is 5.26 Å². The van der Waals surface area contributed by atoms with Crippen molar-refractivity contribution in [3.63, 3.8) is 0 Å². The summed E-state index contributed by atoms with van der Waals surface area (Å²) in [5.74, 6) is 0. The van der Waals surface area contributed by atoms with Crippen LogP contribution in [0.4, 0.5) is 5.69 Å². The van der Waals surface area contributed by atoms with Crippen molar-refractivity contribution in [2.75, 3.05) is 24.6 Å². The van der Waals surface area contributed by atoms with Crippen LogP contribution in [0.25, 0.3) is 28.1 Å². The Bertz CT molecular complexity index is 1520. The van der Waals surface area contributed by atoms with Crippen LogP contribution in [0.2, 0.25) is 0 Å². The fourth-order valence-electron chi connectivity index (χ4n) is 4.85. The summed E-state index contributed by atoms with van der Waals surface area (Å²) in [5.41, 5.74) is 2.73. The number of fused-ring (bicyclic) bond motifs is 1. The van der Waals surface area contributed by atoms with E-state index in [0.717, 1.165) is 42.6 Å². The fraction of sp³-hybridized carbons (Fsp3) is 0.485. The topological polar surface area (TPSA) is 87.4 Å². The van der Waals surface area contributed by atoms with E-state index in [1.165, 1.54) is 17.1 Å². The minimum absolute atomic E-state index is 0.310. The second kappa shape index (κ2) is 13.2. The Morgan fingerprint density at radius 1 is 1.00 bits per heavy atom. The van der Waals surface area contributed by atoms with Gasteiger partial charge in [0.1, 0.15) is 6.07 Å². The van der Waals surface area contributed by atoms with E-state index in [1.807, 2.05) is 50.6 Å². The van der Waals surface area contributed by atoms with Gasteiger partial charge in [0.15, 0.2) is 4.91 Å². The number of benzene rings is 2. The maximum absolute atomic E-state index is 13.2. The maximum Gasteiger partial charge on any atom is 0.251 e. The van der Waals surface area contributed by atoms with Gasteiger partial charge in [-0.3, -0.25) is 0 Å². The first-order chi connectivity index (χ1) is 19.2. The molecule has 1 aromatic heterocycles. The van der Waals surface area contributed by atoms with Gasteiger partial charge in [0, 0.05) is 49.4 Å². The van der Waals surface area contributed by atoms with E-state index in [9.17, 15) is 13.7 Å². The van der Waals surface area contributed by atoms with E-state index in [4.69, 9.17) is 4.74 Å². The highest BCUT2D eigenvalue weighted by Crippen LogP contribution is 2.29. The Morgan fingerprint density at radius 3 is 2.24 bits per heavy atom. The zero-order valence-electron chi connectivity index (χ0n) is 25.9. The smallest absolute Gasteiger partial charge is 0.251 e. The lowest BCUT2D eigenvalue weighted by Crippen LogP contribution is -2.44. The van der Waals surface area contributed by atoms with Crippen LogP contribution in [0.15, 0.2) is 53.4 Å². The predicted molar refractivity (Wildman–Crippen MR) is 171 cm³/mol. The molecule has 0 radical (unpaired) electrons. The molecule has 0 saturated heterocycles. The summed E-state index contributed by atoms with van der Waals surface area (Å²) in [6.07, 6.45) is 4.11. The van der Waals surface area contributed by atoms with Crippen molar-refractivity contribution in [1.82, 2.24) is 9.29 Å². The van der Waals surface area contributed by atoms with Gasteiger partial charge < -0.3 is 14.2 Å². The number of anilines is 1. The lowest BCUT2D eigenvalue weighted by atomic mass is 10.0. The second-order valence-corrected chi connectivity index (χ2v) is 13.9. The number of ether oxygens (including phenoxy) is 1. The van der Waals surface area contributed by atoms with Gasteiger partial charge in [0.25, 0.3) is 10.0 Å². The normalized spacial score (nSPS) is 13.0. The number of rotatable bonds is 13. The Balaban J connectivity index is 1.85. The first-order valence-electron chi connectivity index (χ1n) is 14.4. The Labute approximate surface area is 246 Å². The monoisotopic (exact) mass is 578 g/mol. The third-order valence-electron chi connectivity index (χ3n) is 6.98. The van der Waals surface area contributed by atoms with E-state index in [-0.39, 0.29) is 10.5 Å². The first-order valence-corrected chi connectivity index (χ1v) is 15.9. The molecule has 8 heteroatoms. The molecule has 0 fully saturated rings. The number of hydrogen-bond acceptors (Lipinski definition) is 5. The van der Waals surface area contributed by atoms with Gasteiger partial charge in [-0.05, 0) is 107 Å². The maximum atomic E-state index is 13.2. The van der Waals surface area contributed by atoms with Crippen LogP contribution >= 0.6 is 0 Å². The fourth-order valence-corrected chi connectivity index (χ4v) is 6.18. The quantitative estimate of drug-likeness (QED) is 0.216. The zero-order valence-corrected chi connectivity index (χ0v) is 26.7. The molecule has 2 aromatic carbocycles. The number of hydrogen-bond donors (Lipinski definition) is 1. The highest BCUT2D eigenvalue weighted by Gasteiger charge is 2.29. The van der Waals surface area contributed by atoms with Crippen LogP contribution in [0.1, 0.15) is 73.4 Å². The van der Waals surface area contributed by atoms with Crippen molar-refractivity contribution < 1.29 is 13.2 Å². The zero-order chi connectivity index (χ0) is 30.4. The van der Waals surface area contributed by atoms with Crippen molar-refractivity contribution in [3.05, 3.63) is 59.1 Å². The van der Waals surface area contributed by atoms with E-state index >= 15 is 0 Å². The Kier molecular flexibility index (Phi) is 10.5. The molecular weight excluding hydrogens is 532 g/mol. The molecule has 3 aromatic rings. The molecule has 7 nitrogen and oxygen atoms in total. The molecule has 0 saturated carbocycles. The van der Waals surface area contributed by atoms with Gasteiger partial charge in [0.05, 0.1) is 5.60 Å². The highest BCUT2D eigenvalue weighted by atomic mass is 32.2. The third-order valence-corrected chi connectivity index (χ3v) is 8.59. The van der Waals surface area contributed by atoms with E-state index in [2.05, 4.69) is 59.9 Å². The largest absolute Gasteiger partial charge is 0.376 e. The van der Waals surface area contributed by atoms with Crippen LogP contribution in [-0.2, 0) is 21.8 Å². The SMILES string of the molecule is CCCN(CCC)c1ccc2cc(-c3ccc(C=C(C#N)S(=O)(=O)NC(C)(C)CCOC(C)(C)C)n3C)ccc2c1. The highest BCUT2D eigenvalue weighted by molar-refractivity contribution is 7.93. The standard InChI is InChI=1S/C33H46N4O3S/c1-9-18-37(19-10-2)29-14-13-25-21-27(12-11-26(25)22-29)31-16-15-28(36(31)8)23-30(24-34)41(38,39)35-33(6,7)17-20-40-32(3,4)5/h11-16,21-23,35H,9-10,17-20H2,1-8H3. The van der Waals surface area contributed by atoms with Gasteiger partial charge in [-0.15, -0.1) is 0 Å². The van der Waals surface area contributed by atoms with Crippen LogP contribution in [0, 0.1) is 11.3 Å². The summed E-state index contributed by atoms with van der Waals surface area (Å²) in [4.78, 5) is 2.10. The summed E-state index contributed by atoms with van der Waals surface area (Å²) in [5, 5.41) is 12.1. The molecule has 41 heavy (non-hydrogen) atoms. The van der Waals surface area contributed by atoms with Crippen LogP contribution in [0.5, 0.6) is 0 Å². The van der Waals surface area contributed by atoms with Gasteiger partial charge in [0.2, 0.25) is 0 Å². The molecule has 0 aliphatic rings. The number of aromatic nitrogens is 1. The molecule has 1 N–H and O–H groups in total. The van der Waals surface area contributed by atoms with Crippen LogP contribution < -0.4 is 9.62 Å². The van der Waals surface area contributed by atoms with E-state index in [0.29, 0.717) is 18.7 Å². The summed E-state index contributed by atoms with van der Waals surface area (Å²) in [7, 11) is -2.16. The summed E-state index contributed by atoms with van der Waals surface area (Å²) in [6, 6.07) is 18.6. The molecule has 0 aliphatic heterocycles. The molecule has 1 heterocycles. The Hall–Kier alpha value is -3.12. The van der Waals surface area contributed by atoms with Crippen molar-refractivity contribution in [2.45, 2.75) is 78.9 Å². The number of nitrogens with zero attached hydrogens (tertiary/aromatic N) is 3.